The number of amides is 2. The van der Waals surface area contributed by atoms with E-state index in [1.165, 1.54) is 24.7 Å². The maximum absolute atomic E-state index is 14.5. The van der Waals surface area contributed by atoms with E-state index in [1.807, 2.05) is 0 Å². The Morgan fingerprint density at radius 1 is 1.29 bits per heavy atom. The first kappa shape index (κ1) is 18.3. The van der Waals surface area contributed by atoms with Gasteiger partial charge in [0.15, 0.2) is 5.89 Å². The van der Waals surface area contributed by atoms with Crippen LogP contribution in [0.3, 0.4) is 0 Å². The summed E-state index contributed by atoms with van der Waals surface area (Å²) in [6.07, 6.45) is 5.21. The number of hydrogen-bond acceptors (Lipinski definition) is 5. The van der Waals surface area contributed by atoms with Crippen molar-refractivity contribution in [2.45, 2.75) is 25.2 Å². The number of carbonyl (C=O) groups is 2. The molecule has 3 heterocycles. The zero-order valence-electron chi connectivity index (χ0n) is 14.6. The highest BCUT2D eigenvalue weighted by Crippen LogP contribution is 2.37. The number of oxazole rings is 1. The first-order valence-corrected chi connectivity index (χ1v) is 9.06. The fourth-order valence-corrected chi connectivity index (χ4v) is 3.63. The second kappa shape index (κ2) is 7.52. The molecular formula is C20H15ClFN3O3. The number of nitrogens with one attached hydrogen (secondary N) is 1. The summed E-state index contributed by atoms with van der Waals surface area (Å²) in [5.74, 6) is -1.31. The van der Waals surface area contributed by atoms with Crippen molar-refractivity contribution >= 4 is 23.4 Å². The molecule has 0 spiro atoms. The molecule has 1 fully saturated rings. The Morgan fingerprint density at radius 3 is 2.86 bits per heavy atom. The van der Waals surface area contributed by atoms with Gasteiger partial charge in [-0.1, -0.05) is 29.8 Å². The van der Waals surface area contributed by atoms with Gasteiger partial charge < -0.3 is 4.42 Å². The SMILES string of the molecule is O=C1CCC(c2cccc(-c3cnc(Cc4ncco4)c(F)c3)c2Cl)C(=O)N1. The molecule has 2 aromatic heterocycles. The summed E-state index contributed by atoms with van der Waals surface area (Å²) >= 11 is 6.55. The molecule has 1 aliphatic heterocycles. The standard InChI is InChI=1S/C20H15ClFN3O3/c21-19-12(2-1-3-13(19)14-4-5-17(26)25-20(14)27)11-8-15(22)16(24-10-11)9-18-23-6-7-28-18/h1-3,6-8,10,14H,4-5,9H2,(H,25,26,27). The normalized spacial score (nSPS) is 16.9. The molecule has 6 nitrogen and oxygen atoms in total. The van der Waals surface area contributed by atoms with Crippen LogP contribution in [-0.2, 0) is 16.0 Å². The fraction of sp³-hybridized carbons (Fsp3) is 0.200. The molecule has 0 aliphatic carbocycles. The maximum atomic E-state index is 14.5. The molecule has 1 N–H and O–H groups in total. The van der Waals surface area contributed by atoms with E-state index < -0.39 is 11.7 Å². The number of piperidine rings is 1. The number of imide groups is 1. The second-order valence-corrected chi connectivity index (χ2v) is 6.85. The smallest absolute Gasteiger partial charge is 0.234 e. The van der Waals surface area contributed by atoms with E-state index >= 15 is 0 Å². The van der Waals surface area contributed by atoms with E-state index in [2.05, 4.69) is 15.3 Å². The molecule has 2 amide bonds. The van der Waals surface area contributed by atoms with Crippen LogP contribution in [0.15, 0.2) is 47.3 Å². The number of hydrogen-bond donors (Lipinski definition) is 1. The lowest BCUT2D eigenvalue weighted by molar-refractivity contribution is -0.134. The number of rotatable bonds is 4. The highest BCUT2D eigenvalue weighted by molar-refractivity contribution is 6.34. The zero-order valence-corrected chi connectivity index (χ0v) is 15.4. The Morgan fingerprint density at radius 2 is 2.14 bits per heavy atom. The van der Waals surface area contributed by atoms with Crippen molar-refractivity contribution in [1.82, 2.24) is 15.3 Å². The molecule has 0 bridgehead atoms. The number of benzene rings is 1. The molecule has 3 aromatic rings. The topological polar surface area (TPSA) is 85.1 Å². The van der Waals surface area contributed by atoms with Gasteiger partial charge in [0.1, 0.15) is 12.1 Å². The molecular weight excluding hydrogens is 385 g/mol. The Balaban J connectivity index is 1.65. The number of aromatic nitrogens is 2. The largest absolute Gasteiger partial charge is 0.449 e. The van der Waals surface area contributed by atoms with Gasteiger partial charge in [0.25, 0.3) is 0 Å². The van der Waals surface area contributed by atoms with Crippen molar-refractivity contribution in [2.24, 2.45) is 0 Å². The lowest BCUT2D eigenvalue weighted by Crippen LogP contribution is -2.39. The lowest BCUT2D eigenvalue weighted by Gasteiger charge is -2.23. The number of halogens is 2. The number of pyridine rings is 1. The predicted octanol–water partition coefficient (Wildman–Crippen LogP) is 3.64. The summed E-state index contributed by atoms with van der Waals surface area (Å²) in [7, 11) is 0. The minimum absolute atomic E-state index is 0.142. The van der Waals surface area contributed by atoms with Crippen molar-refractivity contribution in [1.29, 1.82) is 0 Å². The minimum Gasteiger partial charge on any atom is -0.449 e. The van der Waals surface area contributed by atoms with E-state index in [1.54, 1.807) is 18.2 Å². The van der Waals surface area contributed by atoms with Gasteiger partial charge in [-0.25, -0.2) is 9.37 Å². The summed E-state index contributed by atoms with van der Waals surface area (Å²) in [4.78, 5) is 31.7. The van der Waals surface area contributed by atoms with Gasteiger partial charge in [-0.05, 0) is 18.1 Å². The predicted molar refractivity (Wildman–Crippen MR) is 99.1 cm³/mol. The summed E-state index contributed by atoms with van der Waals surface area (Å²) in [6.45, 7) is 0. The quantitative estimate of drug-likeness (QED) is 0.677. The van der Waals surface area contributed by atoms with Crippen LogP contribution in [0.4, 0.5) is 4.39 Å². The average Bonchev–Trinajstić information content (AvgIpc) is 3.17. The fourth-order valence-electron chi connectivity index (χ4n) is 3.26. The molecule has 4 rings (SSSR count). The number of carbonyl (C=O) groups excluding carboxylic acids is 2. The molecule has 1 aliphatic rings. The summed E-state index contributed by atoms with van der Waals surface area (Å²) in [5, 5.41) is 2.67. The van der Waals surface area contributed by atoms with E-state index in [-0.39, 0.29) is 30.3 Å². The van der Waals surface area contributed by atoms with Crippen LogP contribution in [0.25, 0.3) is 11.1 Å². The molecule has 0 saturated carbocycles. The van der Waals surface area contributed by atoms with Crippen LogP contribution < -0.4 is 5.32 Å². The van der Waals surface area contributed by atoms with Gasteiger partial charge in [0.05, 0.1) is 29.3 Å². The first-order valence-electron chi connectivity index (χ1n) is 8.68. The third-order valence-electron chi connectivity index (χ3n) is 4.67. The highest BCUT2D eigenvalue weighted by Gasteiger charge is 2.30. The van der Waals surface area contributed by atoms with E-state index in [0.29, 0.717) is 34.0 Å². The Bertz CT molecular complexity index is 1050. The highest BCUT2D eigenvalue weighted by atomic mass is 35.5. The molecule has 1 unspecified atom stereocenters. The van der Waals surface area contributed by atoms with Gasteiger partial charge in [-0.15, -0.1) is 0 Å². The van der Waals surface area contributed by atoms with E-state index in [4.69, 9.17) is 16.0 Å². The monoisotopic (exact) mass is 399 g/mol. The summed E-state index contributed by atoms with van der Waals surface area (Å²) < 4.78 is 19.7. The molecule has 1 aromatic carbocycles. The molecule has 8 heteroatoms. The van der Waals surface area contributed by atoms with Crippen LogP contribution in [-0.4, -0.2) is 21.8 Å². The third kappa shape index (κ3) is 3.53. The van der Waals surface area contributed by atoms with Crippen molar-refractivity contribution in [3.8, 4) is 11.1 Å². The van der Waals surface area contributed by atoms with Crippen molar-refractivity contribution in [2.75, 3.05) is 0 Å². The third-order valence-corrected chi connectivity index (χ3v) is 5.10. The van der Waals surface area contributed by atoms with Gasteiger partial charge in [-0.3, -0.25) is 19.9 Å². The van der Waals surface area contributed by atoms with Gasteiger partial charge >= 0.3 is 0 Å². The summed E-state index contributed by atoms with van der Waals surface area (Å²) in [6, 6.07) is 6.58. The van der Waals surface area contributed by atoms with E-state index in [9.17, 15) is 14.0 Å². The van der Waals surface area contributed by atoms with Crippen LogP contribution in [0.2, 0.25) is 5.02 Å². The van der Waals surface area contributed by atoms with Crippen LogP contribution >= 0.6 is 11.6 Å². The van der Waals surface area contributed by atoms with Crippen LogP contribution in [0.1, 0.15) is 35.9 Å². The van der Waals surface area contributed by atoms with Crippen molar-refractivity contribution in [3.63, 3.8) is 0 Å². The maximum Gasteiger partial charge on any atom is 0.234 e. The average molecular weight is 400 g/mol. The molecule has 1 atom stereocenters. The first-order chi connectivity index (χ1) is 13.5. The molecule has 1 saturated heterocycles. The molecule has 142 valence electrons. The zero-order chi connectivity index (χ0) is 19.7. The van der Waals surface area contributed by atoms with Crippen LogP contribution in [0.5, 0.6) is 0 Å². The Hall–Kier alpha value is -3.06. The Labute approximate surface area is 164 Å². The van der Waals surface area contributed by atoms with Crippen LogP contribution in [0, 0.1) is 5.82 Å². The molecule has 0 radical (unpaired) electrons. The van der Waals surface area contributed by atoms with Crippen molar-refractivity contribution < 1.29 is 18.4 Å². The van der Waals surface area contributed by atoms with Gasteiger partial charge in [0.2, 0.25) is 11.8 Å². The van der Waals surface area contributed by atoms with Gasteiger partial charge in [0, 0.05) is 23.7 Å². The Kier molecular flexibility index (Phi) is 4.92. The van der Waals surface area contributed by atoms with E-state index in [0.717, 1.165) is 0 Å². The van der Waals surface area contributed by atoms with Crippen molar-refractivity contribution in [3.05, 3.63) is 70.9 Å². The van der Waals surface area contributed by atoms with Gasteiger partial charge in [-0.2, -0.15) is 0 Å². The minimum atomic E-state index is -0.521. The lowest BCUT2D eigenvalue weighted by atomic mass is 9.88. The number of nitrogens with zero attached hydrogens (tertiary/aromatic N) is 2. The second-order valence-electron chi connectivity index (χ2n) is 6.47. The summed E-state index contributed by atoms with van der Waals surface area (Å²) in [5.41, 5.74) is 1.88. The molecule has 28 heavy (non-hydrogen) atoms.